The standard InChI is InChI=1S/C6H4Cl4F2/c7-2-1-3-4(8)6(11,12)5(3,9)10/h1-4H/b2-1-/t3-,4+/m1/s1. The van der Waals surface area contributed by atoms with E-state index in [-0.39, 0.29) is 0 Å². The van der Waals surface area contributed by atoms with Crippen LogP contribution in [0.1, 0.15) is 0 Å². The first kappa shape index (κ1) is 10.8. The zero-order valence-corrected chi connectivity index (χ0v) is 8.60. The van der Waals surface area contributed by atoms with Crippen molar-refractivity contribution in [1.82, 2.24) is 0 Å². The van der Waals surface area contributed by atoms with E-state index in [1.807, 2.05) is 0 Å². The van der Waals surface area contributed by atoms with Gasteiger partial charge < -0.3 is 0 Å². The van der Waals surface area contributed by atoms with E-state index in [0.717, 1.165) is 5.54 Å². The number of hydrogen-bond donors (Lipinski definition) is 0. The van der Waals surface area contributed by atoms with Crippen LogP contribution < -0.4 is 0 Å². The van der Waals surface area contributed by atoms with Crippen LogP contribution in [-0.4, -0.2) is 15.6 Å². The maximum Gasteiger partial charge on any atom is 0.297 e. The van der Waals surface area contributed by atoms with E-state index in [1.54, 1.807) is 0 Å². The van der Waals surface area contributed by atoms with Gasteiger partial charge in [-0.2, -0.15) is 0 Å². The summed E-state index contributed by atoms with van der Waals surface area (Å²) in [5.74, 6) is -4.08. The van der Waals surface area contributed by atoms with E-state index < -0.39 is 21.6 Å². The molecule has 0 saturated heterocycles. The van der Waals surface area contributed by atoms with Gasteiger partial charge in [0.15, 0.2) is 4.33 Å². The van der Waals surface area contributed by atoms with Gasteiger partial charge in [-0.1, -0.05) is 40.9 Å². The van der Waals surface area contributed by atoms with Crippen LogP contribution in [0.4, 0.5) is 8.78 Å². The Morgan fingerprint density at radius 2 is 1.75 bits per heavy atom. The van der Waals surface area contributed by atoms with Gasteiger partial charge in [-0.15, -0.1) is 11.6 Å². The summed E-state index contributed by atoms with van der Waals surface area (Å²) in [6, 6.07) is 0. The Bertz CT molecular complexity index is 214. The molecule has 1 aliphatic rings. The van der Waals surface area contributed by atoms with Crippen molar-refractivity contribution in [2.75, 3.05) is 0 Å². The van der Waals surface area contributed by atoms with Crippen LogP contribution >= 0.6 is 46.4 Å². The molecule has 0 aromatic carbocycles. The van der Waals surface area contributed by atoms with E-state index in [4.69, 9.17) is 46.4 Å². The summed E-state index contributed by atoms with van der Waals surface area (Å²) in [5, 5.41) is -1.39. The quantitative estimate of drug-likeness (QED) is 0.626. The molecule has 12 heavy (non-hydrogen) atoms. The fourth-order valence-corrected chi connectivity index (χ4v) is 2.49. The van der Waals surface area contributed by atoms with Gasteiger partial charge in [-0.3, -0.25) is 0 Å². The number of hydrogen-bond acceptors (Lipinski definition) is 0. The van der Waals surface area contributed by atoms with Crippen LogP contribution in [0.3, 0.4) is 0 Å². The molecule has 1 fully saturated rings. The SMILES string of the molecule is FC1(F)[C@@H](Cl)[C@@H](/C=C\Cl)C1(Cl)Cl. The molecular formula is C6H4Cl4F2. The van der Waals surface area contributed by atoms with Crippen LogP contribution in [0.15, 0.2) is 11.6 Å². The molecule has 1 saturated carbocycles. The lowest BCUT2D eigenvalue weighted by Crippen LogP contribution is -2.65. The minimum absolute atomic E-state index is 0.810. The molecule has 2 atom stereocenters. The van der Waals surface area contributed by atoms with Crippen LogP contribution in [0, 0.1) is 5.92 Å². The molecule has 0 nitrogen and oxygen atoms in total. The first-order valence-corrected chi connectivity index (χ1v) is 4.65. The van der Waals surface area contributed by atoms with Gasteiger partial charge in [0.1, 0.15) is 5.38 Å². The van der Waals surface area contributed by atoms with Gasteiger partial charge in [-0.25, -0.2) is 8.78 Å². The maximum atomic E-state index is 12.8. The van der Waals surface area contributed by atoms with Gasteiger partial charge in [-0.05, 0) is 0 Å². The molecule has 0 unspecified atom stereocenters. The predicted molar refractivity (Wildman–Crippen MR) is 47.5 cm³/mol. The summed E-state index contributed by atoms with van der Waals surface area (Å²) in [4.78, 5) is 0. The summed E-state index contributed by atoms with van der Waals surface area (Å²) in [6.45, 7) is 0. The number of alkyl halides is 5. The molecule has 70 valence electrons. The fraction of sp³-hybridized carbons (Fsp3) is 0.667. The second-order valence-electron chi connectivity index (χ2n) is 2.49. The van der Waals surface area contributed by atoms with E-state index in [0.29, 0.717) is 0 Å². The second kappa shape index (κ2) is 3.16. The van der Waals surface area contributed by atoms with Crippen molar-refractivity contribution >= 4 is 46.4 Å². The molecule has 0 aromatic heterocycles. The summed E-state index contributed by atoms with van der Waals surface area (Å²) in [6.07, 6.45) is 1.26. The molecular weight excluding hydrogens is 252 g/mol. The fourth-order valence-electron chi connectivity index (χ4n) is 1.02. The topological polar surface area (TPSA) is 0 Å². The lowest BCUT2D eigenvalue weighted by Gasteiger charge is -2.49. The van der Waals surface area contributed by atoms with Crippen LogP contribution in [0.2, 0.25) is 0 Å². The number of halogens is 6. The molecule has 0 heterocycles. The highest BCUT2D eigenvalue weighted by Crippen LogP contribution is 2.61. The van der Waals surface area contributed by atoms with Crippen molar-refractivity contribution in [2.24, 2.45) is 5.92 Å². The minimum Gasteiger partial charge on any atom is -0.202 e. The highest BCUT2D eigenvalue weighted by Gasteiger charge is 2.73. The molecule has 0 amide bonds. The summed E-state index contributed by atoms with van der Waals surface area (Å²) in [7, 11) is 0. The molecule has 0 aromatic rings. The van der Waals surface area contributed by atoms with E-state index in [1.165, 1.54) is 6.08 Å². The largest absolute Gasteiger partial charge is 0.297 e. The Balaban J connectivity index is 2.84. The third-order valence-electron chi connectivity index (χ3n) is 1.80. The summed E-state index contributed by atoms with van der Waals surface area (Å²) >= 11 is 21.2. The van der Waals surface area contributed by atoms with Crippen molar-refractivity contribution < 1.29 is 8.78 Å². The van der Waals surface area contributed by atoms with E-state index >= 15 is 0 Å². The molecule has 0 N–H and O–H groups in total. The van der Waals surface area contributed by atoms with Crippen LogP contribution in [-0.2, 0) is 0 Å². The molecule has 6 heteroatoms. The van der Waals surface area contributed by atoms with Gasteiger partial charge >= 0.3 is 0 Å². The van der Waals surface area contributed by atoms with Crippen molar-refractivity contribution in [3.63, 3.8) is 0 Å². The van der Waals surface area contributed by atoms with E-state index in [2.05, 4.69) is 0 Å². The Hall–Kier alpha value is 0.760. The molecule has 0 radical (unpaired) electrons. The third kappa shape index (κ3) is 1.24. The molecule has 1 rings (SSSR count). The minimum atomic E-state index is -3.27. The Labute approximate surface area is 88.4 Å². The number of rotatable bonds is 1. The first-order valence-electron chi connectivity index (χ1n) is 3.02. The Morgan fingerprint density at radius 3 is 2.08 bits per heavy atom. The van der Waals surface area contributed by atoms with Gasteiger partial charge in [0.25, 0.3) is 5.92 Å². The average molecular weight is 256 g/mol. The van der Waals surface area contributed by atoms with Crippen LogP contribution in [0.5, 0.6) is 0 Å². The number of allylic oxidation sites excluding steroid dienone is 1. The third-order valence-corrected chi connectivity index (χ3v) is 3.50. The normalized spacial score (nSPS) is 38.2. The highest BCUT2D eigenvalue weighted by molar-refractivity contribution is 6.52. The summed E-state index contributed by atoms with van der Waals surface area (Å²) in [5.41, 5.74) is 1.08. The highest BCUT2D eigenvalue weighted by atomic mass is 35.5. The lowest BCUT2D eigenvalue weighted by molar-refractivity contribution is -0.102. The van der Waals surface area contributed by atoms with Gasteiger partial charge in [0, 0.05) is 11.5 Å². The lowest BCUT2D eigenvalue weighted by atomic mass is 9.79. The van der Waals surface area contributed by atoms with Crippen LogP contribution in [0.25, 0.3) is 0 Å². The van der Waals surface area contributed by atoms with Crippen molar-refractivity contribution in [3.05, 3.63) is 11.6 Å². The van der Waals surface area contributed by atoms with Gasteiger partial charge in [0.2, 0.25) is 0 Å². The zero-order valence-electron chi connectivity index (χ0n) is 5.58. The molecule has 1 aliphatic carbocycles. The van der Waals surface area contributed by atoms with E-state index in [9.17, 15) is 8.78 Å². The smallest absolute Gasteiger partial charge is 0.202 e. The zero-order chi connectivity index (χ0) is 9.57. The monoisotopic (exact) mass is 254 g/mol. The average Bonchev–Trinajstić information content (AvgIpc) is 1.98. The second-order valence-corrected chi connectivity index (χ2v) is 4.60. The molecule has 0 bridgehead atoms. The molecule has 0 spiro atoms. The Morgan fingerprint density at radius 1 is 1.25 bits per heavy atom. The Kier molecular flexibility index (Phi) is 2.85. The van der Waals surface area contributed by atoms with Crippen molar-refractivity contribution in [3.8, 4) is 0 Å². The van der Waals surface area contributed by atoms with Gasteiger partial charge in [0.05, 0.1) is 0 Å². The maximum absolute atomic E-state index is 12.8. The summed E-state index contributed by atoms with van der Waals surface area (Å²) < 4.78 is 23.5. The van der Waals surface area contributed by atoms with Crippen molar-refractivity contribution in [1.29, 1.82) is 0 Å². The predicted octanol–water partition coefficient (Wildman–Crippen LogP) is 3.79. The molecule has 0 aliphatic heterocycles. The first-order chi connectivity index (χ1) is 5.35. The van der Waals surface area contributed by atoms with Crippen molar-refractivity contribution in [2.45, 2.75) is 15.6 Å².